The number of benzene rings is 1. The van der Waals surface area contributed by atoms with Crippen LogP contribution < -0.4 is 10.6 Å². The molecule has 19 heavy (non-hydrogen) atoms. The van der Waals surface area contributed by atoms with Gasteiger partial charge in [-0.05, 0) is 47.0 Å². The lowest BCUT2D eigenvalue weighted by atomic mass is 10.1. The van der Waals surface area contributed by atoms with Crippen molar-refractivity contribution < 1.29 is 9.53 Å². The van der Waals surface area contributed by atoms with Crippen molar-refractivity contribution in [2.24, 2.45) is 0 Å². The number of carbonyl (C=O) groups is 1. The molecule has 2 rings (SSSR count). The lowest BCUT2D eigenvalue weighted by molar-refractivity contribution is -0.118. The summed E-state index contributed by atoms with van der Waals surface area (Å²) >= 11 is 9.49. The van der Waals surface area contributed by atoms with Gasteiger partial charge in [-0.15, -0.1) is 0 Å². The SMILES string of the molecule is COC1CNC(C(=O)Nc2cc(Cl)c(C)cc2Br)C1. The summed E-state index contributed by atoms with van der Waals surface area (Å²) < 4.78 is 6.05. The Balaban J connectivity index is 2.05. The number of amides is 1. The highest BCUT2D eigenvalue weighted by atomic mass is 79.9. The maximum absolute atomic E-state index is 12.1. The van der Waals surface area contributed by atoms with Crippen molar-refractivity contribution in [2.45, 2.75) is 25.5 Å². The average molecular weight is 348 g/mol. The molecule has 1 aliphatic rings. The molecule has 0 bridgehead atoms. The summed E-state index contributed by atoms with van der Waals surface area (Å²) in [6.45, 7) is 2.62. The molecule has 1 aromatic rings. The Kier molecular flexibility index (Phi) is 4.84. The zero-order valence-electron chi connectivity index (χ0n) is 10.8. The summed E-state index contributed by atoms with van der Waals surface area (Å²) in [5, 5.41) is 6.65. The second-order valence-electron chi connectivity index (χ2n) is 4.62. The van der Waals surface area contributed by atoms with Crippen LogP contribution in [0.2, 0.25) is 5.02 Å². The first-order valence-electron chi connectivity index (χ1n) is 6.04. The van der Waals surface area contributed by atoms with Crippen molar-refractivity contribution in [1.29, 1.82) is 0 Å². The third-order valence-electron chi connectivity index (χ3n) is 3.25. The second kappa shape index (κ2) is 6.22. The number of rotatable bonds is 3. The van der Waals surface area contributed by atoms with Crippen LogP contribution in [-0.4, -0.2) is 31.7 Å². The summed E-state index contributed by atoms with van der Waals surface area (Å²) in [7, 11) is 1.66. The summed E-state index contributed by atoms with van der Waals surface area (Å²) in [5.74, 6) is -0.0693. The van der Waals surface area contributed by atoms with E-state index in [1.165, 1.54) is 0 Å². The van der Waals surface area contributed by atoms with Crippen LogP contribution in [0, 0.1) is 6.92 Å². The molecule has 0 spiro atoms. The van der Waals surface area contributed by atoms with Gasteiger partial charge in [0.05, 0.1) is 17.8 Å². The molecule has 1 heterocycles. The molecule has 1 aliphatic heterocycles. The van der Waals surface area contributed by atoms with E-state index in [0.29, 0.717) is 23.7 Å². The van der Waals surface area contributed by atoms with E-state index in [1.54, 1.807) is 13.2 Å². The molecule has 0 saturated carbocycles. The van der Waals surface area contributed by atoms with Gasteiger partial charge in [-0.25, -0.2) is 0 Å². The molecule has 0 aromatic heterocycles. The number of ether oxygens (including phenoxy) is 1. The van der Waals surface area contributed by atoms with Gasteiger partial charge in [0.1, 0.15) is 0 Å². The maximum Gasteiger partial charge on any atom is 0.241 e. The Hall–Kier alpha value is -0.620. The standard InChI is InChI=1S/C13H16BrClN2O2/c1-7-3-9(14)11(5-10(7)15)17-13(18)12-4-8(19-2)6-16-12/h3,5,8,12,16H,4,6H2,1-2H3,(H,17,18). The lowest BCUT2D eigenvalue weighted by Gasteiger charge is -2.13. The topological polar surface area (TPSA) is 50.4 Å². The van der Waals surface area contributed by atoms with Gasteiger partial charge in [0.2, 0.25) is 5.91 Å². The third-order valence-corrected chi connectivity index (χ3v) is 4.31. The predicted octanol–water partition coefficient (Wildman–Crippen LogP) is 2.73. The van der Waals surface area contributed by atoms with Gasteiger partial charge < -0.3 is 15.4 Å². The van der Waals surface area contributed by atoms with Gasteiger partial charge in [-0.3, -0.25) is 4.79 Å². The van der Waals surface area contributed by atoms with Crippen molar-refractivity contribution in [1.82, 2.24) is 5.32 Å². The van der Waals surface area contributed by atoms with Crippen LogP contribution in [-0.2, 0) is 9.53 Å². The quantitative estimate of drug-likeness (QED) is 0.884. The Labute approximate surface area is 126 Å². The highest BCUT2D eigenvalue weighted by Crippen LogP contribution is 2.29. The second-order valence-corrected chi connectivity index (χ2v) is 5.89. The van der Waals surface area contributed by atoms with E-state index in [4.69, 9.17) is 16.3 Å². The first kappa shape index (κ1) is 14.8. The van der Waals surface area contributed by atoms with Gasteiger partial charge in [-0.2, -0.15) is 0 Å². The Morgan fingerprint density at radius 3 is 2.95 bits per heavy atom. The van der Waals surface area contributed by atoms with Crippen molar-refractivity contribution in [3.63, 3.8) is 0 Å². The number of aryl methyl sites for hydroxylation is 1. The fourth-order valence-electron chi connectivity index (χ4n) is 2.04. The van der Waals surface area contributed by atoms with Crippen LogP contribution in [0.5, 0.6) is 0 Å². The van der Waals surface area contributed by atoms with Crippen molar-refractivity contribution >= 4 is 39.1 Å². The van der Waals surface area contributed by atoms with Crippen LogP contribution >= 0.6 is 27.5 Å². The van der Waals surface area contributed by atoms with Gasteiger partial charge in [0, 0.05) is 23.1 Å². The number of carbonyl (C=O) groups excluding carboxylic acids is 1. The van der Waals surface area contributed by atoms with E-state index in [2.05, 4.69) is 26.6 Å². The largest absolute Gasteiger partial charge is 0.380 e. The van der Waals surface area contributed by atoms with Crippen LogP contribution in [0.1, 0.15) is 12.0 Å². The fraction of sp³-hybridized carbons (Fsp3) is 0.462. The lowest BCUT2D eigenvalue weighted by Crippen LogP contribution is -2.35. The smallest absolute Gasteiger partial charge is 0.241 e. The summed E-state index contributed by atoms with van der Waals surface area (Å²) in [4.78, 5) is 12.1. The van der Waals surface area contributed by atoms with E-state index >= 15 is 0 Å². The summed E-state index contributed by atoms with van der Waals surface area (Å²) in [6.07, 6.45) is 0.778. The Morgan fingerprint density at radius 1 is 1.58 bits per heavy atom. The van der Waals surface area contributed by atoms with Gasteiger partial charge in [0.25, 0.3) is 0 Å². The zero-order chi connectivity index (χ0) is 14.0. The van der Waals surface area contributed by atoms with E-state index in [-0.39, 0.29) is 18.1 Å². The minimum atomic E-state index is -0.225. The molecule has 1 aromatic carbocycles. The Bertz CT molecular complexity index is 496. The van der Waals surface area contributed by atoms with Crippen LogP contribution in [0.25, 0.3) is 0 Å². The minimum Gasteiger partial charge on any atom is -0.380 e. The monoisotopic (exact) mass is 346 g/mol. The molecule has 0 radical (unpaired) electrons. The average Bonchev–Trinajstić information content (AvgIpc) is 2.84. The number of hydrogen-bond acceptors (Lipinski definition) is 3. The van der Waals surface area contributed by atoms with E-state index in [1.807, 2.05) is 13.0 Å². The number of methoxy groups -OCH3 is 1. The first-order chi connectivity index (χ1) is 9.01. The molecule has 1 fully saturated rings. The molecule has 2 N–H and O–H groups in total. The van der Waals surface area contributed by atoms with E-state index in [0.717, 1.165) is 10.0 Å². The van der Waals surface area contributed by atoms with Crippen LogP contribution in [0.15, 0.2) is 16.6 Å². The van der Waals surface area contributed by atoms with Crippen LogP contribution in [0.4, 0.5) is 5.69 Å². The number of hydrogen-bond donors (Lipinski definition) is 2. The molecular formula is C13H16BrClN2O2. The molecule has 0 aliphatic carbocycles. The van der Waals surface area contributed by atoms with Crippen molar-refractivity contribution in [3.05, 3.63) is 27.2 Å². The fourth-order valence-corrected chi connectivity index (χ4v) is 2.77. The molecule has 6 heteroatoms. The van der Waals surface area contributed by atoms with E-state index in [9.17, 15) is 4.79 Å². The normalized spacial score (nSPS) is 22.5. The van der Waals surface area contributed by atoms with E-state index < -0.39 is 0 Å². The molecule has 2 atom stereocenters. The minimum absolute atomic E-state index is 0.0693. The number of halogens is 2. The number of anilines is 1. The van der Waals surface area contributed by atoms with Gasteiger partial charge in [-0.1, -0.05) is 11.6 Å². The predicted molar refractivity (Wildman–Crippen MR) is 79.7 cm³/mol. The highest BCUT2D eigenvalue weighted by molar-refractivity contribution is 9.10. The molecule has 2 unspecified atom stereocenters. The molecule has 4 nitrogen and oxygen atoms in total. The van der Waals surface area contributed by atoms with Gasteiger partial charge >= 0.3 is 0 Å². The Morgan fingerprint density at radius 2 is 2.32 bits per heavy atom. The van der Waals surface area contributed by atoms with Crippen molar-refractivity contribution in [3.8, 4) is 0 Å². The summed E-state index contributed by atoms with van der Waals surface area (Å²) in [6, 6.07) is 3.41. The molecular weight excluding hydrogens is 332 g/mol. The maximum atomic E-state index is 12.1. The molecule has 1 saturated heterocycles. The zero-order valence-corrected chi connectivity index (χ0v) is 13.1. The third kappa shape index (κ3) is 3.48. The molecule has 104 valence electrons. The number of nitrogens with one attached hydrogen (secondary N) is 2. The van der Waals surface area contributed by atoms with Gasteiger partial charge in [0.15, 0.2) is 0 Å². The molecule has 1 amide bonds. The highest BCUT2D eigenvalue weighted by Gasteiger charge is 2.29. The van der Waals surface area contributed by atoms with Crippen LogP contribution in [0.3, 0.4) is 0 Å². The van der Waals surface area contributed by atoms with Crippen molar-refractivity contribution in [2.75, 3.05) is 19.0 Å². The summed E-state index contributed by atoms with van der Waals surface area (Å²) in [5.41, 5.74) is 1.65. The first-order valence-corrected chi connectivity index (χ1v) is 7.21.